The Hall–Kier alpha value is -0.620. The summed E-state index contributed by atoms with van der Waals surface area (Å²) in [5.74, 6) is -0.375. The molecule has 0 saturated carbocycles. The monoisotopic (exact) mass is 207 g/mol. The van der Waals surface area contributed by atoms with E-state index in [0.717, 1.165) is 0 Å². The van der Waals surface area contributed by atoms with Crippen molar-refractivity contribution in [2.75, 3.05) is 19.4 Å². The lowest BCUT2D eigenvalue weighted by atomic mass is 10.5. The number of rotatable bonds is 4. The van der Waals surface area contributed by atoms with Gasteiger partial charge in [-0.2, -0.15) is 4.31 Å². The van der Waals surface area contributed by atoms with Crippen LogP contribution in [0.4, 0.5) is 0 Å². The Kier molecular flexibility index (Phi) is 2.92. The fourth-order valence-electron chi connectivity index (χ4n) is 1.13. The third-order valence-electron chi connectivity index (χ3n) is 1.86. The van der Waals surface area contributed by atoms with Crippen molar-refractivity contribution in [1.29, 1.82) is 0 Å². The van der Waals surface area contributed by atoms with E-state index < -0.39 is 22.0 Å². The van der Waals surface area contributed by atoms with Crippen LogP contribution in [-0.4, -0.2) is 44.1 Å². The van der Waals surface area contributed by atoms with Crippen molar-refractivity contribution >= 4 is 16.0 Å². The van der Waals surface area contributed by atoms with E-state index in [1.54, 1.807) is 6.92 Å². The lowest BCUT2D eigenvalue weighted by molar-refractivity contribution is -0.140. The summed E-state index contributed by atoms with van der Waals surface area (Å²) in [5.41, 5.74) is 0. The smallest absolute Gasteiger partial charge is 0.325 e. The Morgan fingerprint density at radius 2 is 2.23 bits per heavy atom. The maximum Gasteiger partial charge on any atom is 0.325 e. The normalized spacial score (nSPS) is 26.9. The fraction of sp³-hybridized carbons (Fsp3) is 0.857. The first-order chi connectivity index (χ1) is 6.03. The molecule has 0 spiro atoms. The minimum atomic E-state index is -3.21. The van der Waals surface area contributed by atoms with Crippen LogP contribution in [0.2, 0.25) is 0 Å². The van der Waals surface area contributed by atoms with Crippen LogP contribution in [0, 0.1) is 0 Å². The van der Waals surface area contributed by atoms with Gasteiger partial charge in [-0.05, 0) is 6.42 Å². The molecule has 0 aromatic rings. The molecule has 0 N–H and O–H groups in total. The van der Waals surface area contributed by atoms with E-state index in [4.69, 9.17) is 0 Å². The second-order valence-electron chi connectivity index (χ2n) is 2.92. The quantitative estimate of drug-likeness (QED) is 0.464. The van der Waals surface area contributed by atoms with Crippen LogP contribution in [0.15, 0.2) is 0 Å². The van der Waals surface area contributed by atoms with Crippen LogP contribution < -0.4 is 0 Å². The Labute approximate surface area is 77.7 Å². The van der Waals surface area contributed by atoms with Crippen molar-refractivity contribution < 1.29 is 17.9 Å². The van der Waals surface area contributed by atoms with E-state index >= 15 is 0 Å². The molecule has 1 fully saturated rings. The zero-order valence-electron chi connectivity index (χ0n) is 7.69. The van der Waals surface area contributed by atoms with Crippen molar-refractivity contribution in [3.05, 3.63) is 0 Å². The molecule has 13 heavy (non-hydrogen) atoms. The molecule has 76 valence electrons. The van der Waals surface area contributed by atoms with E-state index in [2.05, 4.69) is 4.74 Å². The molecule has 1 aliphatic rings. The summed E-state index contributed by atoms with van der Waals surface area (Å²) in [6, 6.07) is -0.568. The molecule has 0 aromatic carbocycles. The summed E-state index contributed by atoms with van der Waals surface area (Å²) in [6.45, 7) is 2.06. The van der Waals surface area contributed by atoms with E-state index in [-0.39, 0.29) is 12.3 Å². The van der Waals surface area contributed by atoms with Crippen LogP contribution in [-0.2, 0) is 19.6 Å². The van der Waals surface area contributed by atoms with Gasteiger partial charge < -0.3 is 4.74 Å². The Balaban J connectivity index is 2.55. The highest BCUT2D eigenvalue weighted by Crippen LogP contribution is 2.24. The van der Waals surface area contributed by atoms with Gasteiger partial charge in [0.1, 0.15) is 6.04 Å². The van der Waals surface area contributed by atoms with E-state index in [0.29, 0.717) is 6.42 Å². The Bertz CT molecular complexity index is 298. The molecule has 5 nitrogen and oxygen atoms in total. The van der Waals surface area contributed by atoms with Gasteiger partial charge in [0.15, 0.2) is 0 Å². The van der Waals surface area contributed by atoms with E-state index in [9.17, 15) is 13.2 Å². The van der Waals surface area contributed by atoms with Crippen LogP contribution in [0.25, 0.3) is 0 Å². The molecule has 1 saturated heterocycles. The first-order valence-corrected chi connectivity index (χ1v) is 5.71. The zero-order chi connectivity index (χ0) is 10.1. The number of methoxy groups -OCH3 is 1. The lowest BCUT2D eigenvalue weighted by Crippen LogP contribution is -2.22. The third-order valence-corrected chi connectivity index (χ3v) is 3.90. The highest BCUT2D eigenvalue weighted by Gasteiger charge is 2.48. The maximum absolute atomic E-state index is 11.3. The highest BCUT2D eigenvalue weighted by atomic mass is 32.2. The third kappa shape index (κ3) is 2.19. The molecule has 1 rings (SSSR count). The number of carbonyl (C=O) groups excluding carboxylic acids is 1. The standard InChI is InChI=1S/C7H13NO4S/c1-3-4-13(10,11)8-5-6(8)7(9)12-2/h6H,3-5H2,1-2H3. The predicted molar refractivity (Wildman–Crippen MR) is 46.6 cm³/mol. The summed E-state index contributed by atoms with van der Waals surface area (Å²) < 4.78 is 28.3. The average molecular weight is 207 g/mol. The van der Waals surface area contributed by atoms with Gasteiger partial charge in [0, 0.05) is 6.54 Å². The minimum absolute atomic E-state index is 0.0977. The summed E-state index contributed by atoms with van der Waals surface area (Å²) in [6.07, 6.45) is 0.562. The second kappa shape index (κ2) is 3.63. The van der Waals surface area contributed by atoms with Crippen molar-refractivity contribution in [1.82, 2.24) is 4.31 Å². The zero-order valence-corrected chi connectivity index (χ0v) is 8.50. The molecule has 0 aliphatic carbocycles. The molecule has 0 aromatic heterocycles. The molecule has 2 unspecified atom stereocenters. The van der Waals surface area contributed by atoms with Gasteiger partial charge in [0.05, 0.1) is 12.9 Å². The van der Waals surface area contributed by atoms with E-state index in [1.807, 2.05) is 0 Å². The molecule has 0 bridgehead atoms. The molecular formula is C7H13NO4S. The van der Waals surface area contributed by atoms with Crippen molar-refractivity contribution in [3.63, 3.8) is 0 Å². The van der Waals surface area contributed by atoms with Gasteiger partial charge in [-0.15, -0.1) is 0 Å². The van der Waals surface area contributed by atoms with Crippen molar-refractivity contribution in [3.8, 4) is 0 Å². The second-order valence-corrected chi connectivity index (χ2v) is 4.97. The molecule has 0 radical (unpaired) electrons. The van der Waals surface area contributed by atoms with Gasteiger partial charge in [-0.3, -0.25) is 4.79 Å². The van der Waals surface area contributed by atoms with Gasteiger partial charge in [-0.1, -0.05) is 6.92 Å². The SMILES string of the molecule is CCCS(=O)(=O)N1CC1C(=O)OC. The van der Waals surface area contributed by atoms with Crippen LogP contribution in [0.5, 0.6) is 0 Å². The predicted octanol–water partition coefficient (Wildman–Crippen LogP) is -0.417. The molecule has 6 heteroatoms. The number of sulfonamides is 1. The first kappa shape index (κ1) is 10.5. The number of carbonyl (C=O) groups is 1. The molecular weight excluding hydrogens is 194 g/mol. The molecule has 1 aliphatic heterocycles. The topological polar surface area (TPSA) is 63.5 Å². The number of ether oxygens (including phenoxy) is 1. The summed E-state index contributed by atoms with van der Waals surface area (Å²) in [5, 5.41) is 0. The highest BCUT2D eigenvalue weighted by molar-refractivity contribution is 7.89. The Morgan fingerprint density at radius 1 is 1.62 bits per heavy atom. The van der Waals surface area contributed by atoms with E-state index in [1.165, 1.54) is 11.4 Å². The number of hydrogen-bond acceptors (Lipinski definition) is 4. The van der Waals surface area contributed by atoms with Crippen LogP contribution >= 0.6 is 0 Å². The average Bonchev–Trinajstić information content (AvgIpc) is 2.82. The van der Waals surface area contributed by atoms with Crippen molar-refractivity contribution in [2.45, 2.75) is 19.4 Å². The largest absolute Gasteiger partial charge is 0.468 e. The fourth-order valence-corrected chi connectivity index (χ4v) is 2.73. The van der Waals surface area contributed by atoms with Gasteiger partial charge in [0.25, 0.3) is 0 Å². The molecule has 1 heterocycles. The number of esters is 1. The van der Waals surface area contributed by atoms with Crippen LogP contribution in [0.3, 0.4) is 0 Å². The summed E-state index contributed by atoms with van der Waals surface area (Å²) in [4.78, 5) is 10.9. The molecule has 2 atom stereocenters. The number of nitrogens with zero attached hydrogens (tertiary/aromatic N) is 1. The Morgan fingerprint density at radius 3 is 2.69 bits per heavy atom. The van der Waals surface area contributed by atoms with Gasteiger partial charge in [0.2, 0.25) is 10.0 Å². The number of hydrogen-bond donors (Lipinski definition) is 0. The lowest BCUT2D eigenvalue weighted by Gasteiger charge is -2.02. The van der Waals surface area contributed by atoms with Gasteiger partial charge >= 0.3 is 5.97 Å². The van der Waals surface area contributed by atoms with Gasteiger partial charge in [-0.25, -0.2) is 8.42 Å². The van der Waals surface area contributed by atoms with Crippen LogP contribution in [0.1, 0.15) is 13.3 Å². The molecule has 0 amide bonds. The summed E-state index contributed by atoms with van der Waals surface area (Å²) in [7, 11) is -1.95. The van der Waals surface area contributed by atoms with Crippen molar-refractivity contribution in [2.24, 2.45) is 0 Å². The summed E-state index contributed by atoms with van der Waals surface area (Å²) >= 11 is 0. The first-order valence-electron chi connectivity index (χ1n) is 4.10. The minimum Gasteiger partial charge on any atom is -0.468 e. The maximum atomic E-state index is 11.3.